The third kappa shape index (κ3) is 7.05. The average molecular weight is 231 g/mol. The van der Waals surface area contributed by atoms with Crippen LogP contribution in [0.3, 0.4) is 0 Å². The highest BCUT2D eigenvalue weighted by atomic mass is 16.4. The van der Waals surface area contributed by atoms with Crippen LogP contribution in [-0.2, 0) is 4.79 Å². The summed E-state index contributed by atoms with van der Waals surface area (Å²) >= 11 is 0. The van der Waals surface area contributed by atoms with Crippen LogP contribution in [0.4, 0.5) is 4.79 Å². The van der Waals surface area contributed by atoms with Gasteiger partial charge >= 0.3 is 12.0 Å². The molecule has 0 aliphatic rings. The fourth-order valence-electron chi connectivity index (χ4n) is 1.24. The standard InChI is InChI=1S/C10H21N3O3/c1-2-4-8(9(14)15)7-13-10(16)12-6-3-5-11/h8H,2-7,11H2,1H3,(H,14,15)(H2,12,13,16). The largest absolute Gasteiger partial charge is 0.481 e. The molecule has 0 heterocycles. The minimum absolute atomic E-state index is 0.164. The van der Waals surface area contributed by atoms with Gasteiger partial charge in [0.1, 0.15) is 0 Å². The second-order valence-electron chi connectivity index (χ2n) is 3.60. The first kappa shape index (κ1) is 14.7. The molecule has 5 N–H and O–H groups in total. The Morgan fingerprint density at radius 2 is 2.06 bits per heavy atom. The number of hydrogen-bond acceptors (Lipinski definition) is 3. The number of nitrogens with one attached hydrogen (secondary N) is 2. The molecule has 6 nitrogen and oxygen atoms in total. The van der Waals surface area contributed by atoms with Crippen molar-refractivity contribution in [2.45, 2.75) is 26.2 Å². The van der Waals surface area contributed by atoms with Gasteiger partial charge in [0.05, 0.1) is 5.92 Å². The maximum absolute atomic E-state index is 11.2. The zero-order valence-corrected chi connectivity index (χ0v) is 9.66. The number of amides is 2. The van der Waals surface area contributed by atoms with E-state index in [1.807, 2.05) is 6.92 Å². The molecule has 0 rings (SSSR count). The van der Waals surface area contributed by atoms with Gasteiger partial charge < -0.3 is 21.5 Å². The Morgan fingerprint density at radius 3 is 2.56 bits per heavy atom. The van der Waals surface area contributed by atoms with Gasteiger partial charge in [0, 0.05) is 13.1 Å². The first-order valence-corrected chi connectivity index (χ1v) is 5.56. The van der Waals surface area contributed by atoms with Crippen molar-refractivity contribution in [2.24, 2.45) is 11.7 Å². The summed E-state index contributed by atoms with van der Waals surface area (Å²) in [6.45, 7) is 3.11. The van der Waals surface area contributed by atoms with Crippen molar-refractivity contribution in [3.05, 3.63) is 0 Å². The van der Waals surface area contributed by atoms with Crippen LogP contribution in [0.1, 0.15) is 26.2 Å². The molecule has 0 aliphatic heterocycles. The maximum Gasteiger partial charge on any atom is 0.314 e. The number of carbonyl (C=O) groups is 2. The summed E-state index contributed by atoms with van der Waals surface area (Å²) < 4.78 is 0. The Morgan fingerprint density at radius 1 is 1.38 bits per heavy atom. The second kappa shape index (κ2) is 8.96. The summed E-state index contributed by atoms with van der Waals surface area (Å²) in [5, 5.41) is 14.0. The van der Waals surface area contributed by atoms with Gasteiger partial charge in [-0.15, -0.1) is 0 Å². The molecule has 0 fully saturated rings. The van der Waals surface area contributed by atoms with Crippen molar-refractivity contribution in [1.29, 1.82) is 0 Å². The fourth-order valence-corrected chi connectivity index (χ4v) is 1.24. The molecule has 0 radical (unpaired) electrons. The Hall–Kier alpha value is -1.30. The highest BCUT2D eigenvalue weighted by molar-refractivity contribution is 5.75. The SMILES string of the molecule is CCCC(CNC(=O)NCCCN)C(=O)O. The number of carboxylic acid groups (broad SMARTS) is 1. The van der Waals surface area contributed by atoms with Crippen LogP contribution in [-0.4, -0.2) is 36.7 Å². The molecule has 16 heavy (non-hydrogen) atoms. The quantitative estimate of drug-likeness (QED) is 0.446. The van der Waals surface area contributed by atoms with Crippen molar-refractivity contribution in [2.75, 3.05) is 19.6 Å². The number of nitrogens with two attached hydrogens (primary N) is 1. The molecule has 94 valence electrons. The Labute approximate surface area is 95.6 Å². The molecular formula is C10H21N3O3. The smallest absolute Gasteiger partial charge is 0.314 e. The zero-order chi connectivity index (χ0) is 12.4. The maximum atomic E-state index is 11.2. The first-order valence-electron chi connectivity index (χ1n) is 5.56. The number of carboxylic acids is 1. The molecule has 0 saturated carbocycles. The first-order chi connectivity index (χ1) is 7.61. The predicted octanol–water partition coefficient (Wildman–Crippen LogP) is 0.135. The highest BCUT2D eigenvalue weighted by Gasteiger charge is 2.16. The third-order valence-corrected chi connectivity index (χ3v) is 2.16. The summed E-state index contributed by atoms with van der Waals surface area (Å²) in [4.78, 5) is 22.0. The van der Waals surface area contributed by atoms with Crippen molar-refractivity contribution >= 4 is 12.0 Å². The molecule has 0 bridgehead atoms. The van der Waals surface area contributed by atoms with Crippen LogP contribution >= 0.6 is 0 Å². The van der Waals surface area contributed by atoms with E-state index in [1.165, 1.54) is 0 Å². The van der Waals surface area contributed by atoms with Crippen molar-refractivity contribution in [3.63, 3.8) is 0 Å². The molecule has 0 aromatic rings. The van der Waals surface area contributed by atoms with E-state index in [0.29, 0.717) is 25.9 Å². The normalized spacial score (nSPS) is 11.9. The minimum atomic E-state index is -0.871. The van der Waals surface area contributed by atoms with E-state index < -0.39 is 11.9 Å². The van der Waals surface area contributed by atoms with E-state index in [4.69, 9.17) is 10.8 Å². The van der Waals surface area contributed by atoms with Crippen molar-refractivity contribution < 1.29 is 14.7 Å². The van der Waals surface area contributed by atoms with Crippen LogP contribution in [0.2, 0.25) is 0 Å². The number of rotatable bonds is 8. The van der Waals surface area contributed by atoms with E-state index in [2.05, 4.69) is 10.6 Å². The molecule has 1 unspecified atom stereocenters. The van der Waals surface area contributed by atoms with Gasteiger partial charge in [0.15, 0.2) is 0 Å². The molecule has 0 aliphatic carbocycles. The van der Waals surface area contributed by atoms with Crippen molar-refractivity contribution in [1.82, 2.24) is 10.6 Å². The van der Waals surface area contributed by atoms with Crippen LogP contribution < -0.4 is 16.4 Å². The monoisotopic (exact) mass is 231 g/mol. The van der Waals surface area contributed by atoms with E-state index >= 15 is 0 Å². The van der Waals surface area contributed by atoms with Gasteiger partial charge in [-0.3, -0.25) is 4.79 Å². The third-order valence-electron chi connectivity index (χ3n) is 2.16. The van der Waals surface area contributed by atoms with Gasteiger partial charge in [-0.1, -0.05) is 13.3 Å². The van der Waals surface area contributed by atoms with E-state index in [1.54, 1.807) is 0 Å². The molecule has 0 saturated heterocycles. The van der Waals surface area contributed by atoms with Gasteiger partial charge in [0.25, 0.3) is 0 Å². The van der Waals surface area contributed by atoms with E-state index in [0.717, 1.165) is 6.42 Å². The van der Waals surface area contributed by atoms with E-state index in [-0.39, 0.29) is 12.6 Å². The Balaban J connectivity index is 3.74. The minimum Gasteiger partial charge on any atom is -0.481 e. The van der Waals surface area contributed by atoms with Crippen LogP contribution in [0.15, 0.2) is 0 Å². The van der Waals surface area contributed by atoms with Crippen LogP contribution in [0, 0.1) is 5.92 Å². The lowest BCUT2D eigenvalue weighted by Gasteiger charge is -2.12. The predicted molar refractivity (Wildman–Crippen MR) is 61.1 cm³/mol. The summed E-state index contributed by atoms with van der Waals surface area (Å²) in [6.07, 6.45) is 2.07. The molecule has 6 heteroatoms. The summed E-state index contributed by atoms with van der Waals surface area (Å²) in [6, 6.07) is -0.337. The van der Waals surface area contributed by atoms with Gasteiger partial charge in [0.2, 0.25) is 0 Å². The number of carbonyl (C=O) groups excluding carboxylic acids is 1. The summed E-state index contributed by atoms with van der Waals surface area (Å²) in [7, 11) is 0. The van der Waals surface area contributed by atoms with Gasteiger partial charge in [-0.05, 0) is 19.4 Å². The molecule has 0 aromatic carbocycles. The average Bonchev–Trinajstić information content (AvgIpc) is 2.24. The molecule has 1 atom stereocenters. The van der Waals surface area contributed by atoms with E-state index in [9.17, 15) is 9.59 Å². The molecule has 2 amide bonds. The zero-order valence-electron chi connectivity index (χ0n) is 9.66. The van der Waals surface area contributed by atoms with Gasteiger partial charge in [-0.25, -0.2) is 4.79 Å². The number of aliphatic carboxylic acids is 1. The highest BCUT2D eigenvalue weighted by Crippen LogP contribution is 2.04. The number of hydrogen-bond donors (Lipinski definition) is 4. The second-order valence-corrected chi connectivity index (χ2v) is 3.60. The Bertz CT molecular complexity index is 221. The molecule has 0 aromatic heterocycles. The molecule has 0 spiro atoms. The Kier molecular flexibility index (Phi) is 8.24. The van der Waals surface area contributed by atoms with Crippen LogP contribution in [0.5, 0.6) is 0 Å². The lowest BCUT2D eigenvalue weighted by Crippen LogP contribution is -2.40. The van der Waals surface area contributed by atoms with Crippen LogP contribution in [0.25, 0.3) is 0 Å². The van der Waals surface area contributed by atoms with Crippen molar-refractivity contribution in [3.8, 4) is 0 Å². The fraction of sp³-hybridized carbons (Fsp3) is 0.800. The lowest BCUT2D eigenvalue weighted by atomic mass is 10.0. The molecular weight excluding hydrogens is 210 g/mol. The summed E-state index contributed by atoms with van der Waals surface area (Å²) in [5.74, 6) is -1.38. The topological polar surface area (TPSA) is 104 Å². The lowest BCUT2D eigenvalue weighted by molar-refractivity contribution is -0.141. The summed E-state index contributed by atoms with van der Waals surface area (Å²) in [5.41, 5.74) is 5.27. The van der Waals surface area contributed by atoms with Gasteiger partial charge in [-0.2, -0.15) is 0 Å². The number of urea groups is 1.